The summed E-state index contributed by atoms with van der Waals surface area (Å²) in [6.45, 7) is 1.23. The van der Waals surface area contributed by atoms with E-state index >= 15 is 0 Å². The number of phenols is 1. The maximum absolute atomic E-state index is 11.6. The molecule has 1 fully saturated rings. The van der Waals surface area contributed by atoms with Crippen LogP contribution in [0.3, 0.4) is 0 Å². The van der Waals surface area contributed by atoms with Gasteiger partial charge in [-0.1, -0.05) is 0 Å². The number of amides is 2. The Morgan fingerprint density at radius 1 is 1.40 bits per heavy atom. The minimum absolute atomic E-state index is 0.0404. The van der Waals surface area contributed by atoms with Gasteiger partial charge >= 0.3 is 0 Å². The number of aromatic hydroxyl groups is 1. The van der Waals surface area contributed by atoms with Crippen LogP contribution in [0.1, 0.15) is 12.0 Å². The van der Waals surface area contributed by atoms with Crippen molar-refractivity contribution in [1.82, 2.24) is 16.1 Å². The fourth-order valence-corrected chi connectivity index (χ4v) is 1.78. The standard InChI is InChI=1S/C13H16N4O3/c18-10-3-1-9(2-4-10)8-16-17-12(19)7-11-13(20)15-6-5-14-11/h1-4,8,11,14,18H,5-7H2,(H,15,20)(H,17,19)/b16-8+. The monoisotopic (exact) mass is 276 g/mol. The molecule has 1 unspecified atom stereocenters. The SMILES string of the molecule is O=C(CC1NCCNC1=O)N/N=C/c1ccc(O)cc1. The number of hydrazone groups is 1. The van der Waals surface area contributed by atoms with Gasteiger partial charge in [-0.15, -0.1) is 0 Å². The molecule has 2 amide bonds. The van der Waals surface area contributed by atoms with Gasteiger partial charge in [0.25, 0.3) is 0 Å². The van der Waals surface area contributed by atoms with E-state index in [1.165, 1.54) is 18.3 Å². The molecule has 1 aliphatic heterocycles. The summed E-state index contributed by atoms with van der Waals surface area (Å²) in [5.41, 5.74) is 3.11. The number of phenolic OH excluding ortho intramolecular Hbond substituents is 1. The molecule has 0 radical (unpaired) electrons. The number of nitrogens with one attached hydrogen (secondary N) is 3. The van der Waals surface area contributed by atoms with Crippen LogP contribution in [0.5, 0.6) is 5.75 Å². The maximum atomic E-state index is 11.6. The van der Waals surface area contributed by atoms with Crippen molar-refractivity contribution in [2.24, 2.45) is 5.10 Å². The first-order valence-corrected chi connectivity index (χ1v) is 6.27. The van der Waals surface area contributed by atoms with Crippen LogP contribution < -0.4 is 16.1 Å². The Balaban J connectivity index is 1.79. The molecule has 0 spiro atoms. The first-order valence-electron chi connectivity index (χ1n) is 6.27. The summed E-state index contributed by atoms with van der Waals surface area (Å²) in [4.78, 5) is 23.1. The molecule has 1 aromatic carbocycles. The summed E-state index contributed by atoms with van der Waals surface area (Å²) in [6, 6.07) is 5.88. The summed E-state index contributed by atoms with van der Waals surface area (Å²) in [7, 11) is 0. The maximum Gasteiger partial charge on any atom is 0.242 e. The van der Waals surface area contributed by atoms with E-state index in [1.54, 1.807) is 12.1 Å². The molecule has 7 heteroatoms. The lowest BCUT2D eigenvalue weighted by Gasteiger charge is -2.22. The highest BCUT2D eigenvalue weighted by Crippen LogP contribution is 2.07. The van der Waals surface area contributed by atoms with Gasteiger partial charge in [0.1, 0.15) is 5.75 Å². The Morgan fingerprint density at radius 3 is 2.85 bits per heavy atom. The lowest BCUT2D eigenvalue weighted by atomic mass is 10.1. The smallest absolute Gasteiger partial charge is 0.242 e. The van der Waals surface area contributed by atoms with Crippen molar-refractivity contribution in [3.05, 3.63) is 29.8 Å². The quantitative estimate of drug-likeness (QED) is 0.432. The van der Waals surface area contributed by atoms with Gasteiger partial charge in [0, 0.05) is 13.1 Å². The highest BCUT2D eigenvalue weighted by Gasteiger charge is 2.23. The Bertz CT molecular complexity index is 513. The number of hydrogen-bond donors (Lipinski definition) is 4. The molecule has 0 aromatic heterocycles. The molecule has 0 bridgehead atoms. The summed E-state index contributed by atoms with van der Waals surface area (Å²) in [5, 5.41) is 18.6. The molecule has 2 rings (SSSR count). The van der Waals surface area contributed by atoms with Gasteiger partial charge in [-0.2, -0.15) is 5.10 Å². The zero-order valence-electron chi connectivity index (χ0n) is 10.8. The second-order valence-corrected chi connectivity index (χ2v) is 4.39. The summed E-state index contributed by atoms with van der Waals surface area (Å²) in [6.07, 6.45) is 1.50. The van der Waals surface area contributed by atoms with Crippen LogP contribution in [-0.2, 0) is 9.59 Å². The molecule has 1 heterocycles. The van der Waals surface area contributed by atoms with Crippen molar-refractivity contribution in [3.63, 3.8) is 0 Å². The molecule has 1 saturated heterocycles. The number of nitrogens with zero attached hydrogens (tertiary/aromatic N) is 1. The van der Waals surface area contributed by atoms with Crippen molar-refractivity contribution in [3.8, 4) is 5.75 Å². The normalized spacial score (nSPS) is 18.8. The second-order valence-electron chi connectivity index (χ2n) is 4.39. The number of piperazine rings is 1. The van der Waals surface area contributed by atoms with Crippen LogP contribution in [0, 0.1) is 0 Å². The van der Waals surface area contributed by atoms with Crippen LogP contribution in [0.15, 0.2) is 29.4 Å². The topological polar surface area (TPSA) is 103 Å². The van der Waals surface area contributed by atoms with E-state index in [9.17, 15) is 9.59 Å². The van der Waals surface area contributed by atoms with Crippen molar-refractivity contribution in [2.75, 3.05) is 13.1 Å². The van der Waals surface area contributed by atoms with E-state index in [0.717, 1.165) is 5.56 Å². The lowest BCUT2D eigenvalue weighted by Crippen LogP contribution is -2.54. The highest BCUT2D eigenvalue weighted by atomic mass is 16.3. The van der Waals surface area contributed by atoms with Crippen LogP contribution in [0.2, 0.25) is 0 Å². The van der Waals surface area contributed by atoms with Crippen molar-refractivity contribution in [1.29, 1.82) is 0 Å². The van der Waals surface area contributed by atoms with E-state index in [4.69, 9.17) is 5.11 Å². The van der Waals surface area contributed by atoms with Gasteiger partial charge < -0.3 is 15.7 Å². The fraction of sp³-hybridized carbons (Fsp3) is 0.308. The van der Waals surface area contributed by atoms with Gasteiger partial charge in [0.2, 0.25) is 11.8 Å². The van der Waals surface area contributed by atoms with Crippen LogP contribution in [0.25, 0.3) is 0 Å². The van der Waals surface area contributed by atoms with E-state index in [2.05, 4.69) is 21.2 Å². The molecule has 1 atom stereocenters. The van der Waals surface area contributed by atoms with Crippen LogP contribution >= 0.6 is 0 Å². The molecule has 106 valence electrons. The predicted octanol–water partition coefficient (Wildman–Crippen LogP) is -0.680. The third-order valence-corrected chi connectivity index (χ3v) is 2.82. The van der Waals surface area contributed by atoms with Gasteiger partial charge in [-0.3, -0.25) is 9.59 Å². The summed E-state index contributed by atoms with van der Waals surface area (Å²) in [5.74, 6) is -0.343. The number of hydrogen-bond acceptors (Lipinski definition) is 5. The molecule has 0 saturated carbocycles. The number of carbonyl (C=O) groups is 2. The van der Waals surface area contributed by atoms with Gasteiger partial charge in [-0.05, 0) is 29.8 Å². The molecule has 20 heavy (non-hydrogen) atoms. The van der Waals surface area contributed by atoms with Gasteiger partial charge in [0.05, 0.1) is 18.7 Å². The van der Waals surface area contributed by atoms with Crippen molar-refractivity contribution >= 4 is 18.0 Å². The minimum Gasteiger partial charge on any atom is -0.508 e. The molecular formula is C13H16N4O3. The average Bonchev–Trinajstić information content (AvgIpc) is 2.44. The second kappa shape index (κ2) is 6.67. The van der Waals surface area contributed by atoms with E-state index in [0.29, 0.717) is 13.1 Å². The van der Waals surface area contributed by atoms with E-state index in [-0.39, 0.29) is 24.0 Å². The minimum atomic E-state index is -0.507. The average molecular weight is 276 g/mol. The first-order chi connectivity index (χ1) is 9.65. The Morgan fingerprint density at radius 2 is 2.15 bits per heavy atom. The third-order valence-electron chi connectivity index (χ3n) is 2.82. The summed E-state index contributed by atoms with van der Waals surface area (Å²) >= 11 is 0. The highest BCUT2D eigenvalue weighted by molar-refractivity contribution is 5.89. The van der Waals surface area contributed by atoms with Crippen LogP contribution in [-0.4, -0.2) is 42.3 Å². The molecule has 1 aromatic rings. The largest absolute Gasteiger partial charge is 0.508 e. The third kappa shape index (κ3) is 4.06. The summed E-state index contributed by atoms with van der Waals surface area (Å²) < 4.78 is 0. The van der Waals surface area contributed by atoms with Crippen LogP contribution in [0.4, 0.5) is 0 Å². The lowest BCUT2D eigenvalue weighted by molar-refractivity contribution is -0.129. The van der Waals surface area contributed by atoms with Crippen molar-refractivity contribution < 1.29 is 14.7 Å². The Kier molecular flexibility index (Phi) is 4.67. The van der Waals surface area contributed by atoms with E-state index < -0.39 is 6.04 Å². The zero-order valence-corrected chi connectivity index (χ0v) is 10.8. The molecular weight excluding hydrogens is 260 g/mol. The molecule has 1 aliphatic rings. The first kappa shape index (κ1) is 14.0. The Labute approximate surface area is 116 Å². The molecule has 0 aliphatic carbocycles. The predicted molar refractivity (Wildman–Crippen MR) is 73.3 cm³/mol. The van der Waals surface area contributed by atoms with E-state index in [1.807, 2.05) is 0 Å². The van der Waals surface area contributed by atoms with Gasteiger partial charge in [-0.25, -0.2) is 5.43 Å². The van der Waals surface area contributed by atoms with Crippen molar-refractivity contribution in [2.45, 2.75) is 12.5 Å². The van der Waals surface area contributed by atoms with Gasteiger partial charge in [0.15, 0.2) is 0 Å². The fourth-order valence-electron chi connectivity index (χ4n) is 1.78. The Hall–Kier alpha value is -2.41. The number of benzene rings is 1. The zero-order chi connectivity index (χ0) is 14.4. The molecule has 4 N–H and O–H groups in total. The number of rotatable bonds is 4. The molecule has 7 nitrogen and oxygen atoms in total. The number of carbonyl (C=O) groups excluding carboxylic acids is 2.